The third-order valence-electron chi connectivity index (χ3n) is 2.81. The summed E-state index contributed by atoms with van der Waals surface area (Å²) in [6, 6.07) is 8.71. The average molecular weight is 236 g/mol. The summed E-state index contributed by atoms with van der Waals surface area (Å²) in [5.74, 6) is 0. The fourth-order valence-electron chi connectivity index (χ4n) is 1.82. The maximum absolute atomic E-state index is 5.80. The predicted molar refractivity (Wildman–Crippen MR) is 81.9 cm³/mol. The van der Waals surface area contributed by atoms with Crippen LogP contribution in [0.15, 0.2) is 60.1 Å². The number of benzene rings is 1. The fraction of sp³-hybridized carbons (Fsp3) is 0.294. The lowest BCUT2D eigenvalue weighted by Crippen LogP contribution is -1.88. The molecule has 0 aliphatic heterocycles. The van der Waals surface area contributed by atoms with E-state index in [1.165, 1.54) is 11.1 Å². The maximum atomic E-state index is 5.80. The molecule has 0 spiro atoms. The summed E-state index contributed by atoms with van der Waals surface area (Å²) in [5, 5.41) is 0. The molecule has 1 rings (SSSR count). The van der Waals surface area contributed by atoms with Gasteiger partial charge < -0.3 is 0 Å². The lowest BCUT2D eigenvalue weighted by Gasteiger charge is -2.03. The first kappa shape index (κ1) is 14.6. The first-order chi connectivity index (χ1) is 8.61. The number of rotatable bonds is 6. The van der Waals surface area contributed by atoms with Crippen LogP contribution in [0, 0.1) is 6.92 Å². The Morgan fingerprint density at radius 3 is 2.56 bits per heavy atom. The van der Waals surface area contributed by atoms with Crippen molar-refractivity contribution in [3.63, 3.8) is 0 Å². The van der Waals surface area contributed by atoms with Crippen molar-refractivity contribution in [2.45, 2.75) is 33.1 Å². The minimum atomic E-state index is 0.776. The van der Waals surface area contributed by atoms with Crippen LogP contribution in [0.5, 0.6) is 0 Å². The van der Waals surface area contributed by atoms with Crippen molar-refractivity contribution in [2.75, 3.05) is 0 Å². The minimum absolute atomic E-state index is 0.776. The normalized spacial score (nSPS) is 12.0. The summed E-state index contributed by atoms with van der Waals surface area (Å²) < 4.78 is 0. The van der Waals surface area contributed by atoms with Gasteiger partial charge in [0.15, 0.2) is 0 Å². The molecule has 0 amide bonds. The lowest BCUT2D eigenvalue weighted by molar-refractivity contribution is 0.825. The van der Waals surface area contributed by atoms with Gasteiger partial charge >= 0.3 is 0 Å². The van der Waals surface area contributed by atoms with Crippen LogP contribution >= 0.6 is 0 Å². The van der Waals surface area contributed by atoms with E-state index >= 15 is 0 Å². The van der Waals surface area contributed by atoms with Crippen molar-refractivity contribution in [3.8, 4) is 0 Å². The summed E-state index contributed by atoms with van der Waals surface area (Å²) >= 11 is 0. The highest BCUT2D eigenvalue weighted by Crippen LogP contribution is 2.12. The monoisotopic (exact) mass is 236 g/mol. The van der Waals surface area contributed by atoms with Crippen LogP contribution in [0.4, 0.5) is 0 Å². The van der Waals surface area contributed by atoms with E-state index in [9.17, 15) is 0 Å². The Labute approximate surface area is 113 Å². The van der Waals surface area contributed by atoms with Crippen molar-refractivity contribution in [1.82, 2.24) is 0 Å². The van der Waals surface area contributed by atoms with Gasteiger partial charge in [-0.2, -0.15) is 0 Å². The molecule has 1 aromatic carbocycles. The second-order valence-corrected chi connectivity index (χ2v) is 4.64. The highest BCUT2D eigenvalue weighted by molar-refractivity contribution is 6.23. The number of hydrogen-bond acceptors (Lipinski definition) is 0. The first-order valence-electron chi connectivity index (χ1n) is 6.45. The van der Waals surface area contributed by atoms with Crippen molar-refractivity contribution in [2.24, 2.45) is 0 Å². The summed E-state index contributed by atoms with van der Waals surface area (Å²) in [6.45, 7) is 8.10. The third-order valence-corrected chi connectivity index (χ3v) is 2.81. The van der Waals surface area contributed by atoms with Gasteiger partial charge in [-0.1, -0.05) is 65.7 Å². The Hall–Kier alpha value is -1.50. The zero-order chi connectivity index (χ0) is 13.4. The molecule has 0 N–H and O–H groups in total. The van der Waals surface area contributed by atoms with Crippen LogP contribution in [0.3, 0.4) is 0 Å². The molecule has 0 heterocycles. The molecule has 0 unspecified atom stereocenters. The second kappa shape index (κ2) is 7.76. The molecule has 0 saturated carbocycles. The SMILES string of the molecule is [B]C(/C=C\C)=C/C(=C)CCCc1ccc(C)cc1. The molecule has 0 fully saturated rings. The molecular weight excluding hydrogens is 215 g/mol. The Balaban J connectivity index is 2.36. The molecule has 0 aliphatic carbocycles. The van der Waals surface area contributed by atoms with Gasteiger partial charge in [-0.15, -0.1) is 0 Å². The van der Waals surface area contributed by atoms with E-state index < -0.39 is 0 Å². The van der Waals surface area contributed by atoms with Crippen molar-refractivity contribution in [3.05, 3.63) is 71.2 Å². The van der Waals surface area contributed by atoms with Crippen LogP contribution in [0.2, 0.25) is 0 Å². The Kier molecular flexibility index (Phi) is 6.28. The molecule has 0 aromatic heterocycles. The van der Waals surface area contributed by atoms with Gasteiger partial charge in [-0.3, -0.25) is 0 Å². The quantitative estimate of drug-likeness (QED) is 0.503. The summed E-state index contributed by atoms with van der Waals surface area (Å²) in [6.07, 6.45) is 8.98. The Bertz CT molecular complexity index is 435. The van der Waals surface area contributed by atoms with Crippen molar-refractivity contribution in [1.29, 1.82) is 0 Å². The van der Waals surface area contributed by atoms with Gasteiger partial charge in [0.1, 0.15) is 7.85 Å². The molecule has 2 radical (unpaired) electrons. The van der Waals surface area contributed by atoms with Crippen LogP contribution < -0.4 is 0 Å². The lowest BCUT2D eigenvalue weighted by atomic mass is 9.92. The number of aryl methyl sites for hydroxylation is 2. The molecule has 0 atom stereocenters. The Morgan fingerprint density at radius 2 is 1.94 bits per heavy atom. The van der Waals surface area contributed by atoms with Gasteiger partial charge in [-0.05, 0) is 38.7 Å². The molecular formula is C17H21B. The van der Waals surface area contributed by atoms with E-state index in [1.54, 1.807) is 0 Å². The highest BCUT2D eigenvalue weighted by Gasteiger charge is 1.95. The smallest absolute Gasteiger partial charge is 0.0967 e. The van der Waals surface area contributed by atoms with Crippen LogP contribution in [0.25, 0.3) is 0 Å². The van der Waals surface area contributed by atoms with Crippen LogP contribution in [0.1, 0.15) is 30.9 Å². The van der Waals surface area contributed by atoms with E-state index in [-0.39, 0.29) is 0 Å². The molecule has 0 aliphatic rings. The van der Waals surface area contributed by atoms with E-state index in [4.69, 9.17) is 7.85 Å². The molecule has 18 heavy (non-hydrogen) atoms. The fourth-order valence-corrected chi connectivity index (χ4v) is 1.82. The highest BCUT2D eigenvalue weighted by atomic mass is 14.0. The van der Waals surface area contributed by atoms with Crippen molar-refractivity contribution >= 4 is 7.85 Å². The van der Waals surface area contributed by atoms with Gasteiger partial charge in [0, 0.05) is 0 Å². The van der Waals surface area contributed by atoms with Crippen LogP contribution in [-0.4, -0.2) is 7.85 Å². The van der Waals surface area contributed by atoms with E-state index in [2.05, 4.69) is 37.8 Å². The first-order valence-corrected chi connectivity index (χ1v) is 6.45. The summed E-state index contributed by atoms with van der Waals surface area (Å²) in [5.41, 5.74) is 4.57. The third kappa shape index (κ3) is 5.72. The standard InChI is InChI=1S/C17H21B/c1-4-6-17(18)13-15(3)7-5-8-16-11-9-14(2)10-12-16/h4,6,9-13H,3,5,7-8H2,1-2H3/b6-4-,17-13+. The number of allylic oxidation sites excluding steroid dienone is 5. The molecule has 1 heteroatoms. The van der Waals surface area contributed by atoms with Gasteiger partial charge in [-0.25, -0.2) is 0 Å². The molecule has 0 bridgehead atoms. The topological polar surface area (TPSA) is 0 Å². The molecule has 92 valence electrons. The second-order valence-electron chi connectivity index (χ2n) is 4.64. The van der Waals surface area contributed by atoms with E-state index in [1.807, 2.05) is 25.2 Å². The van der Waals surface area contributed by atoms with Crippen molar-refractivity contribution < 1.29 is 0 Å². The molecule has 0 saturated heterocycles. The number of hydrogen-bond donors (Lipinski definition) is 0. The predicted octanol–water partition coefficient (Wildman–Crippen LogP) is 4.50. The summed E-state index contributed by atoms with van der Waals surface area (Å²) in [7, 11) is 5.80. The van der Waals surface area contributed by atoms with E-state index in [0.29, 0.717) is 0 Å². The Morgan fingerprint density at radius 1 is 1.28 bits per heavy atom. The average Bonchev–Trinajstić information content (AvgIpc) is 2.32. The summed E-state index contributed by atoms with van der Waals surface area (Å²) in [4.78, 5) is 0. The van der Waals surface area contributed by atoms with Crippen LogP contribution in [-0.2, 0) is 6.42 Å². The minimum Gasteiger partial charge on any atom is -0.0967 e. The maximum Gasteiger partial charge on any atom is 0.113 e. The molecule has 1 aromatic rings. The largest absolute Gasteiger partial charge is 0.113 e. The van der Waals surface area contributed by atoms with Gasteiger partial charge in [0.25, 0.3) is 0 Å². The van der Waals surface area contributed by atoms with E-state index in [0.717, 1.165) is 30.3 Å². The van der Waals surface area contributed by atoms with Gasteiger partial charge in [0.2, 0.25) is 0 Å². The zero-order valence-electron chi connectivity index (χ0n) is 11.4. The zero-order valence-corrected chi connectivity index (χ0v) is 11.4. The van der Waals surface area contributed by atoms with Gasteiger partial charge in [0.05, 0.1) is 0 Å². The molecule has 0 nitrogen and oxygen atoms in total.